The molecule has 1 aliphatic carbocycles. The SMILES string of the molecule is CCOCCCN[C@@H]1CCc2c(sc3ncn(CCCc4ccccc4)c(=O)c23)C1. The standard InChI is InChI=1S/C24H31N3O2S/c1-2-29-15-7-13-25-19-11-12-20-21(16-19)30-23-22(20)24(28)27(17-26-23)14-6-10-18-8-4-3-5-9-18/h3-5,8-9,17,19,25H,2,6-7,10-16H2,1H3/t19-/m1/s1. The lowest BCUT2D eigenvalue weighted by Gasteiger charge is -2.23. The first kappa shape index (κ1) is 21.2. The molecule has 160 valence electrons. The number of ether oxygens (including phenoxy) is 1. The van der Waals surface area contributed by atoms with Crippen molar-refractivity contribution in [1.82, 2.24) is 14.9 Å². The minimum Gasteiger partial charge on any atom is -0.382 e. The Morgan fingerprint density at radius 2 is 2.13 bits per heavy atom. The number of benzene rings is 1. The third-order valence-electron chi connectivity index (χ3n) is 5.85. The lowest BCUT2D eigenvalue weighted by atomic mass is 9.93. The normalized spacial score (nSPS) is 16.1. The maximum Gasteiger partial charge on any atom is 0.262 e. The van der Waals surface area contributed by atoms with Gasteiger partial charge >= 0.3 is 0 Å². The van der Waals surface area contributed by atoms with E-state index >= 15 is 0 Å². The number of thiophene rings is 1. The number of hydrogen-bond donors (Lipinski definition) is 1. The Kier molecular flexibility index (Phi) is 7.31. The van der Waals surface area contributed by atoms with Crippen molar-refractivity contribution >= 4 is 21.6 Å². The van der Waals surface area contributed by atoms with Crippen LogP contribution in [0, 0.1) is 0 Å². The second-order valence-electron chi connectivity index (χ2n) is 7.96. The Morgan fingerprint density at radius 1 is 1.27 bits per heavy atom. The number of nitrogens with one attached hydrogen (secondary N) is 1. The first-order valence-corrected chi connectivity index (χ1v) is 11.9. The summed E-state index contributed by atoms with van der Waals surface area (Å²) in [5.74, 6) is 0. The second kappa shape index (κ2) is 10.3. The van der Waals surface area contributed by atoms with Crippen molar-refractivity contribution in [1.29, 1.82) is 0 Å². The summed E-state index contributed by atoms with van der Waals surface area (Å²) >= 11 is 1.71. The van der Waals surface area contributed by atoms with E-state index in [2.05, 4.69) is 34.6 Å². The van der Waals surface area contributed by atoms with Gasteiger partial charge in [-0.25, -0.2) is 4.98 Å². The van der Waals surface area contributed by atoms with E-state index in [4.69, 9.17) is 4.74 Å². The van der Waals surface area contributed by atoms with Crippen molar-refractivity contribution in [3.05, 3.63) is 63.0 Å². The van der Waals surface area contributed by atoms with Crippen LogP contribution in [-0.4, -0.2) is 35.4 Å². The Hall–Kier alpha value is -2.02. The molecule has 4 rings (SSSR count). The van der Waals surface area contributed by atoms with E-state index in [1.54, 1.807) is 22.2 Å². The number of nitrogens with zero attached hydrogens (tertiary/aromatic N) is 2. The maximum atomic E-state index is 13.2. The Morgan fingerprint density at radius 3 is 2.97 bits per heavy atom. The van der Waals surface area contributed by atoms with Gasteiger partial charge < -0.3 is 10.1 Å². The summed E-state index contributed by atoms with van der Waals surface area (Å²) in [6, 6.07) is 10.9. The van der Waals surface area contributed by atoms with Crippen molar-refractivity contribution in [2.24, 2.45) is 0 Å². The van der Waals surface area contributed by atoms with Crippen molar-refractivity contribution < 1.29 is 4.74 Å². The number of rotatable bonds is 10. The van der Waals surface area contributed by atoms with E-state index in [0.29, 0.717) is 12.6 Å². The number of fused-ring (bicyclic) bond motifs is 3. The molecule has 1 atom stereocenters. The zero-order chi connectivity index (χ0) is 20.8. The summed E-state index contributed by atoms with van der Waals surface area (Å²) in [4.78, 5) is 20.0. The van der Waals surface area contributed by atoms with Crippen molar-refractivity contribution in [2.75, 3.05) is 19.8 Å². The van der Waals surface area contributed by atoms with Crippen LogP contribution >= 0.6 is 11.3 Å². The Bertz CT molecular complexity index is 1010. The zero-order valence-electron chi connectivity index (χ0n) is 17.7. The van der Waals surface area contributed by atoms with Gasteiger partial charge in [0.2, 0.25) is 0 Å². The van der Waals surface area contributed by atoms with E-state index in [0.717, 1.165) is 68.5 Å². The molecule has 1 N–H and O–H groups in total. The lowest BCUT2D eigenvalue weighted by Crippen LogP contribution is -2.35. The molecule has 0 fully saturated rings. The topological polar surface area (TPSA) is 56.1 Å². The predicted molar refractivity (Wildman–Crippen MR) is 124 cm³/mol. The average Bonchev–Trinajstić information content (AvgIpc) is 3.14. The number of hydrogen-bond acceptors (Lipinski definition) is 5. The second-order valence-corrected chi connectivity index (χ2v) is 9.04. The number of aryl methyl sites for hydroxylation is 3. The van der Waals surface area contributed by atoms with Gasteiger partial charge in [0.25, 0.3) is 5.56 Å². The van der Waals surface area contributed by atoms with Gasteiger partial charge in [-0.3, -0.25) is 9.36 Å². The van der Waals surface area contributed by atoms with Crippen LogP contribution in [0.3, 0.4) is 0 Å². The molecule has 0 bridgehead atoms. The summed E-state index contributed by atoms with van der Waals surface area (Å²) < 4.78 is 7.22. The zero-order valence-corrected chi connectivity index (χ0v) is 18.5. The fraction of sp³-hybridized carbons (Fsp3) is 0.500. The van der Waals surface area contributed by atoms with Crippen LogP contribution in [0.1, 0.15) is 42.2 Å². The molecule has 0 radical (unpaired) electrons. The van der Waals surface area contributed by atoms with Crippen LogP contribution in [-0.2, 0) is 30.5 Å². The minimum atomic E-state index is 0.133. The van der Waals surface area contributed by atoms with Gasteiger partial charge in [-0.1, -0.05) is 30.3 Å². The molecule has 0 unspecified atom stereocenters. The molecular formula is C24H31N3O2S. The monoisotopic (exact) mass is 425 g/mol. The molecule has 5 nitrogen and oxygen atoms in total. The van der Waals surface area contributed by atoms with Crippen LogP contribution < -0.4 is 10.9 Å². The van der Waals surface area contributed by atoms with Crippen molar-refractivity contribution in [3.63, 3.8) is 0 Å². The molecule has 0 spiro atoms. The fourth-order valence-corrected chi connectivity index (χ4v) is 5.52. The van der Waals surface area contributed by atoms with Gasteiger partial charge in [0.1, 0.15) is 4.83 Å². The van der Waals surface area contributed by atoms with Gasteiger partial charge in [0, 0.05) is 30.7 Å². The fourth-order valence-electron chi connectivity index (χ4n) is 4.26. The first-order chi connectivity index (χ1) is 14.8. The Balaban J connectivity index is 1.40. The lowest BCUT2D eigenvalue weighted by molar-refractivity contribution is 0.144. The summed E-state index contributed by atoms with van der Waals surface area (Å²) in [5.41, 5.74) is 2.69. The molecule has 0 aliphatic heterocycles. The van der Waals surface area contributed by atoms with Crippen LogP contribution in [0.4, 0.5) is 0 Å². The summed E-state index contributed by atoms with van der Waals surface area (Å²) in [6.07, 6.45) is 7.73. The molecule has 1 aliphatic rings. The highest BCUT2D eigenvalue weighted by Gasteiger charge is 2.24. The summed E-state index contributed by atoms with van der Waals surface area (Å²) in [7, 11) is 0. The highest BCUT2D eigenvalue weighted by Crippen LogP contribution is 2.33. The van der Waals surface area contributed by atoms with Gasteiger partial charge in [0.05, 0.1) is 11.7 Å². The van der Waals surface area contributed by atoms with Crippen LogP contribution in [0.5, 0.6) is 0 Å². The molecular weight excluding hydrogens is 394 g/mol. The van der Waals surface area contributed by atoms with E-state index in [1.165, 1.54) is 16.0 Å². The third kappa shape index (κ3) is 4.99. The first-order valence-electron chi connectivity index (χ1n) is 11.1. The van der Waals surface area contributed by atoms with E-state index in [9.17, 15) is 4.79 Å². The van der Waals surface area contributed by atoms with Gasteiger partial charge in [-0.15, -0.1) is 11.3 Å². The van der Waals surface area contributed by atoms with E-state index in [-0.39, 0.29) is 5.56 Å². The van der Waals surface area contributed by atoms with Gasteiger partial charge in [-0.05, 0) is 63.1 Å². The average molecular weight is 426 g/mol. The largest absolute Gasteiger partial charge is 0.382 e. The molecule has 1 aromatic carbocycles. The molecule has 6 heteroatoms. The summed E-state index contributed by atoms with van der Waals surface area (Å²) in [5, 5.41) is 4.53. The Labute approximate surface area is 182 Å². The smallest absolute Gasteiger partial charge is 0.262 e. The molecule has 2 aromatic heterocycles. The molecule has 30 heavy (non-hydrogen) atoms. The molecule has 0 saturated carbocycles. The molecule has 3 aromatic rings. The summed E-state index contributed by atoms with van der Waals surface area (Å²) in [6.45, 7) is 5.33. The quantitative estimate of drug-likeness (QED) is 0.500. The van der Waals surface area contributed by atoms with Crippen LogP contribution in [0.2, 0.25) is 0 Å². The third-order valence-corrected chi connectivity index (χ3v) is 7.01. The molecule has 0 amide bonds. The maximum absolute atomic E-state index is 13.2. The highest BCUT2D eigenvalue weighted by molar-refractivity contribution is 7.18. The molecule has 2 heterocycles. The van der Waals surface area contributed by atoms with Gasteiger partial charge in [-0.2, -0.15) is 0 Å². The van der Waals surface area contributed by atoms with Crippen LogP contribution in [0.25, 0.3) is 10.2 Å². The van der Waals surface area contributed by atoms with E-state index < -0.39 is 0 Å². The predicted octanol–water partition coefficient (Wildman–Crippen LogP) is 3.96. The highest BCUT2D eigenvalue weighted by atomic mass is 32.1. The van der Waals surface area contributed by atoms with Crippen LogP contribution in [0.15, 0.2) is 41.5 Å². The van der Waals surface area contributed by atoms with Crippen molar-refractivity contribution in [3.8, 4) is 0 Å². The number of aromatic nitrogens is 2. The van der Waals surface area contributed by atoms with E-state index in [1.807, 2.05) is 13.0 Å². The van der Waals surface area contributed by atoms with Crippen molar-refractivity contribution in [2.45, 2.75) is 58.0 Å². The molecule has 0 saturated heterocycles. The van der Waals surface area contributed by atoms with Gasteiger partial charge in [0.15, 0.2) is 0 Å². The minimum absolute atomic E-state index is 0.133.